The van der Waals surface area contributed by atoms with Crippen LogP contribution in [0.15, 0.2) is 65.8 Å². The molecule has 0 saturated carbocycles. The van der Waals surface area contributed by atoms with Crippen LogP contribution in [0, 0.1) is 0 Å². The first-order valence-electron chi connectivity index (χ1n) is 11.4. The summed E-state index contributed by atoms with van der Waals surface area (Å²) in [6.45, 7) is 1.46. The maximum Gasteiger partial charge on any atom is 0.243 e. The Bertz CT molecular complexity index is 1460. The lowest BCUT2D eigenvalue weighted by Gasteiger charge is -2.26. The zero-order valence-corrected chi connectivity index (χ0v) is 20.1. The number of anilines is 1. The normalized spacial score (nSPS) is 14.9. The van der Waals surface area contributed by atoms with Gasteiger partial charge in [-0.25, -0.2) is 18.1 Å². The Balaban J connectivity index is 1.30. The van der Waals surface area contributed by atoms with Crippen LogP contribution in [-0.2, 0) is 33.0 Å². The number of nitrogens with zero attached hydrogens (tertiary/aromatic N) is 5. The molecule has 35 heavy (non-hydrogen) atoms. The third-order valence-corrected chi connectivity index (χ3v) is 7.95. The number of rotatable bonds is 7. The largest absolute Gasteiger partial charge is 0.379 e. The summed E-state index contributed by atoms with van der Waals surface area (Å²) in [5, 5.41) is 7.19. The number of nitrogens with one attached hydrogen (secondary N) is 1. The highest BCUT2D eigenvalue weighted by molar-refractivity contribution is 7.89. The molecule has 1 saturated heterocycles. The van der Waals surface area contributed by atoms with Crippen molar-refractivity contribution in [1.29, 1.82) is 0 Å². The molecule has 0 spiro atoms. The summed E-state index contributed by atoms with van der Waals surface area (Å²) in [4.78, 5) is 17.6. The number of fused-ring (bicyclic) bond motifs is 1. The summed E-state index contributed by atoms with van der Waals surface area (Å²) < 4.78 is 36.3. The maximum absolute atomic E-state index is 13.0. The van der Waals surface area contributed by atoms with Gasteiger partial charge in [-0.1, -0.05) is 12.1 Å². The van der Waals surface area contributed by atoms with Crippen molar-refractivity contribution < 1.29 is 17.9 Å². The summed E-state index contributed by atoms with van der Waals surface area (Å²) in [6, 6.07) is 14.3. The molecule has 2 aromatic carbocycles. The second-order valence-electron chi connectivity index (χ2n) is 8.27. The Morgan fingerprint density at radius 3 is 2.69 bits per heavy atom. The quantitative estimate of drug-likeness (QED) is 0.422. The molecule has 0 atom stereocenters. The van der Waals surface area contributed by atoms with E-state index >= 15 is 0 Å². The Kier molecular flexibility index (Phi) is 6.37. The van der Waals surface area contributed by atoms with Crippen LogP contribution < -0.4 is 5.32 Å². The molecule has 1 aliphatic heterocycles. The molecule has 5 rings (SSSR count). The molecule has 4 aromatic rings. The fraction of sp³-hybridized carbons (Fsp3) is 0.292. The van der Waals surface area contributed by atoms with Gasteiger partial charge in [0.15, 0.2) is 0 Å². The van der Waals surface area contributed by atoms with Gasteiger partial charge >= 0.3 is 0 Å². The average Bonchev–Trinajstić information content (AvgIpc) is 3.52. The van der Waals surface area contributed by atoms with Crippen LogP contribution in [-0.4, -0.2) is 64.3 Å². The van der Waals surface area contributed by atoms with Crippen molar-refractivity contribution in [3.05, 3.63) is 66.7 Å². The molecule has 2 aromatic heterocycles. The molecule has 3 heterocycles. The Labute approximate surface area is 203 Å². The second-order valence-corrected chi connectivity index (χ2v) is 10.2. The van der Waals surface area contributed by atoms with Gasteiger partial charge in [-0.3, -0.25) is 4.79 Å². The van der Waals surface area contributed by atoms with Gasteiger partial charge in [-0.2, -0.15) is 9.40 Å². The molecule has 0 unspecified atom stereocenters. The van der Waals surface area contributed by atoms with Crippen LogP contribution >= 0.6 is 0 Å². The van der Waals surface area contributed by atoms with E-state index in [1.165, 1.54) is 4.31 Å². The van der Waals surface area contributed by atoms with Gasteiger partial charge in [0.05, 0.1) is 40.5 Å². The van der Waals surface area contributed by atoms with Gasteiger partial charge in [-0.05, 0) is 36.4 Å². The van der Waals surface area contributed by atoms with E-state index in [0.29, 0.717) is 49.8 Å². The fourth-order valence-corrected chi connectivity index (χ4v) is 5.61. The first kappa shape index (κ1) is 23.2. The van der Waals surface area contributed by atoms with Gasteiger partial charge in [0.2, 0.25) is 15.9 Å². The number of morpholine rings is 1. The van der Waals surface area contributed by atoms with Gasteiger partial charge in [0.1, 0.15) is 5.82 Å². The highest BCUT2D eigenvalue weighted by Gasteiger charge is 2.27. The first-order valence-corrected chi connectivity index (χ1v) is 12.8. The van der Waals surface area contributed by atoms with Crippen molar-refractivity contribution in [2.45, 2.75) is 17.7 Å². The molecule has 0 radical (unpaired) electrons. The summed E-state index contributed by atoms with van der Waals surface area (Å²) in [5.74, 6) is 0.559. The minimum atomic E-state index is -3.61. The average molecular weight is 495 g/mol. The molecular weight excluding hydrogens is 468 g/mol. The number of carbonyl (C=O) groups is 1. The molecule has 1 N–H and O–H groups in total. The summed E-state index contributed by atoms with van der Waals surface area (Å²) in [5.41, 5.74) is 2.85. The lowest BCUT2D eigenvalue weighted by molar-refractivity contribution is -0.116. The van der Waals surface area contributed by atoms with Gasteiger partial charge < -0.3 is 14.6 Å². The van der Waals surface area contributed by atoms with Crippen LogP contribution in [0.5, 0.6) is 0 Å². The molecular formula is C24H26N6O4S. The number of hydrogen-bond acceptors (Lipinski definition) is 6. The molecule has 11 heteroatoms. The van der Waals surface area contributed by atoms with Gasteiger partial charge in [0.25, 0.3) is 0 Å². The van der Waals surface area contributed by atoms with E-state index in [2.05, 4.69) is 15.4 Å². The van der Waals surface area contributed by atoms with E-state index in [-0.39, 0.29) is 17.2 Å². The van der Waals surface area contributed by atoms with Crippen LogP contribution in [0.25, 0.3) is 16.7 Å². The van der Waals surface area contributed by atoms with E-state index < -0.39 is 10.0 Å². The lowest BCUT2D eigenvalue weighted by atomic mass is 10.2. The zero-order valence-electron chi connectivity index (χ0n) is 19.3. The van der Waals surface area contributed by atoms with Crippen molar-refractivity contribution in [2.24, 2.45) is 7.05 Å². The van der Waals surface area contributed by atoms with Crippen LogP contribution in [0.3, 0.4) is 0 Å². The number of carbonyl (C=O) groups excluding carboxylic acids is 1. The number of amides is 1. The van der Waals surface area contributed by atoms with Gasteiger partial charge in [0, 0.05) is 45.4 Å². The zero-order chi connectivity index (χ0) is 24.4. The fourth-order valence-electron chi connectivity index (χ4n) is 4.18. The summed E-state index contributed by atoms with van der Waals surface area (Å²) in [7, 11) is -1.74. The Hall–Kier alpha value is -3.54. The molecule has 0 bridgehead atoms. The van der Waals surface area contributed by atoms with Crippen LogP contribution in [0.4, 0.5) is 5.69 Å². The monoisotopic (exact) mass is 494 g/mol. The third kappa shape index (κ3) is 4.70. The number of para-hydroxylation sites is 2. The smallest absolute Gasteiger partial charge is 0.243 e. The molecule has 0 aliphatic carbocycles. The molecule has 1 amide bonds. The Morgan fingerprint density at radius 1 is 1.11 bits per heavy atom. The lowest BCUT2D eigenvalue weighted by Crippen LogP contribution is -2.40. The minimum absolute atomic E-state index is 0.146. The number of ether oxygens (including phenoxy) is 1. The number of hydrogen-bond donors (Lipinski definition) is 1. The molecule has 182 valence electrons. The number of sulfonamides is 1. The predicted molar refractivity (Wildman–Crippen MR) is 131 cm³/mol. The van der Waals surface area contributed by atoms with Crippen molar-refractivity contribution in [3.8, 4) is 5.69 Å². The van der Waals surface area contributed by atoms with Crippen LogP contribution in [0.1, 0.15) is 12.2 Å². The third-order valence-electron chi connectivity index (χ3n) is 6.06. The number of aryl methyl sites for hydroxylation is 2. The van der Waals surface area contributed by atoms with E-state index in [1.54, 1.807) is 29.1 Å². The Morgan fingerprint density at radius 2 is 1.91 bits per heavy atom. The van der Waals surface area contributed by atoms with Crippen molar-refractivity contribution in [3.63, 3.8) is 0 Å². The number of benzene rings is 2. The summed E-state index contributed by atoms with van der Waals surface area (Å²) in [6.07, 6.45) is 4.13. The van der Waals surface area contributed by atoms with E-state index in [0.717, 1.165) is 11.2 Å². The number of imidazole rings is 1. The van der Waals surface area contributed by atoms with E-state index in [1.807, 2.05) is 48.1 Å². The van der Waals surface area contributed by atoms with Crippen molar-refractivity contribution in [2.75, 3.05) is 31.6 Å². The molecule has 1 aliphatic rings. The maximum atomic E-state index is 13.0. The topological polar surface area (TPSA) is 111 Å². The standard InChI is InChI=1S/C24H26N6O4S/c1-28-21-8-7-18(35(32,33)29-13-15-34-16-14-29)17-20(21)26-23(28)9-10-24(31)27-19-5-2-3-6-22(19)30-12-4-11-25-30/h2-8,11-12,17H,9-10,13-16H2,1H3,(H,27,31). The molecule has 10 nitrogen and oxygen atoms in total. The highest BCUT2D eigenvalue weighted by Crippen LogP contribution is 2.24. The minimum Gasteiger partial charge on any atom is -0.379 e. The highest BCUT2D eigenvalue weighted by atomic mass is 32.2. The van der Waals surface area contributed by atoms with E-state index in [9.17, 15) is 13.2 Å². The van der Waals surface area contributed by atoms with Crippen molar-refractivity contribution in [1.82, 2.24) is 23.6 Å². The molecule has 1 fully saturated rings. The van der Waals surface area contributed by atoms with Crippen LogP contribution in [0.2, 0.25) is 0 Å². The summed E-state index contributed by atoms with van der Waals surface area (Å²) >= 11 is 0. The van der Waals surface area contributed by atoms with Crippen molar-refractivity contribution >= 4 is 32.7 Å². The predicted octanol–water partition coefficient (Wildman–Crippen LogP) is 2.35. The SMILES string of the molecule is Cn1c(CCC(=O)Nc2ccccc2-n2cccn2)nc2cc(S(=O)(=O)N3CCOCC3)ccc21. The second kappa shape index (κ2) is 9.61. The van der Waals surface area contributed by atoms with E-state index in [4.69, 9.17) is 4.74 Å². The first-order chi connectivity index (χ1) is 16.9. The van der Waals surface area contributed by atoms with Gasteiger partial charge in [-0.15, -0.1) is 0 Å². The number of aromatic nitrogens is 4.